The Morgan fingerprint density at radius 3 is 2.75 bits per heavy atom. The number of rotatable bonds is 7. The van der Waals surface area contributed by atoms with Crippen molar-refractivity contribution in [3.63, 3.8) is 0 Å². The van der Waals surface area contributed by atoms with Gasteiger partial charge in [0.1, 0.15) is 0 Å². The van der Waals surface area contributed by atoms with Gasteiger partial charge in [-0.15, -0.1) is 0 Å². The molecule has 0 spiro atoms. The van der Waals surface area contributed by atoms with E-state index in [0.717, 1.165) is 18.7 Å². The van der Waals surface area contributed by atoms with Crippen molar-refractivity contribution in [2.24, 2.45) is 0 Å². The summed E-state index contributed by atoms with van der Waals surface area (Å²) in [6, 6.07) is 5.52. The van der Waals surface area contributed by atoms with E-state index in [2.05, 4.69) is 17.1 Å². The van der Waals surface area contributed by atoms with Crippen molar-refractivity contribution >= 4 is 17.3 Å². The molecule has 1 atom stereocenters. The average molecular weight is 279 g/mol. The molecule has 0 aliphatic carbocycles. The molecule has 5 nitrogen and oxygen atoms in total. The van der Waals surface area contributed by atoms with Crippen molar-refractivity contribution in [1.29, 1.82) is 0 Å². The standard InChI is InChI=1S/C15H25N3O2/c1-5-20-15(19)13-10-12(16)6-7-14(13)17-11(2)8-9-18(3)4/h6-7,10-11,17H,5,8-9,16H2,1-4H3. The minimum absolute atomic E-state index is 0.259. The first-order valence-corrected chi connectivity index (χ1v) is 6.92. The zero-order valence-electron chi connectivity index (χ0n) is 12.8. The van der Waals surface area contributed by atoms with Gasteiger partial charge in [0.2, 0.25) is 0 Å². The first-order chi connectivity index (χ1) is 9.43. The molecule has 1 unspecified atom stereocenters. The quantitative estimate of drug-likeness (QED) is 0.591. The third-order valence-corrected chi connectivity index (χ3v) is 2.95. The molecule has 0 saturated heterocycles. The summed E-state index contributed by atoms with van der Waals surface area (Å²) < 4.78 is 5.06. The highest BCUT2D eigenvalue weighted by Crippen LogP contribution is 2.21. The van der Waals surface area contributed by atoms with Gasteiger partial charge in [0.25, 0.3) is 0 Å². The number of nitrogens with one attached hydrogen (secondary N) is 1. The SMILES string of the molecule is CCOC(=O)c1cc(N)ccc1NC(C)CCN(C)C. The van der Waals surface area contributed by atoms with Gasteiger partial charge >= 0.3 is 5.97 Å². The number of anilines is 2. The van der Waals surface area contributed by atoms with Crippen molar-refractivity contribution < 1.29 is 9.53 Å². The summed E-state index contributed by atoms with van der Waals surface area (Å²) in [6.07, 6.45) is 0.986. The number of carbonyl (C=O) groups is 1. The zero-order valence-corrected chi connectivity index (χ0v) is 12.8. The van der Waals surface area contributed by atoms with Crippen LogP contribution in [0.25, 0.3) is 0 Å². The molecule has 0 fully saturated rings. The highest BCUT2D eigenvalue weighted by molar-refractivity contribution is 5.96. The highest BCUT2D eigenvalue weighted by atomic mass is 16.5. The van der Waals surface area contributed by atoms with Gasteiger partial charge in [-0.3, -0.25) is 0 Å². The summed E-state index contributed by atoms with van der Waals surface area (Å²) >= 11 is 0. The van der Waals surface area contributed by atoms with Crippen LogP contribution in [0.3, 0.4) is 0 Å². The summed E-state index contributed by atoms with van der Waals surface area (Å²) in [5.41, 5.74) is 7.56. The van der Waals surface area contributed by atoms with E-state index < -0.39 is 0 Å². The lowest BCUT2D eigenvalue weighted by atomic mass is 10.1. The topological polar surface area (TPSA) is 67.6 Å². The minimum Gasteiger partial charge on any atom is -0.462 e. The lowest BCUT2D eigenvalue weighted by molar-refractivity contribution is 0.0527. The summed E-state index contributed by atoms with van der Waals surface area (Å²) in [4.78, 5) is 14.1. The molecule has 1 rings (SSSR count). The maximum Gasteiger partial charge on any atom is 0.340 e. The van der Waals surface area contributed by atoms with Crippen LogP contribution in [0.2, 0.25) is 0 Å². The zero-order chi connectivity index (χ0) is 15.1. The van der Waals surface area contributed by atoms with Crippen LogP contribution in [0, 0.1) is 0 Å². The highest BCUT2D eigenvalue weighted by Gasteiger charge is 2.14. The lowest BCUT2D eigenvalue weighted by Crippen LogP contribution is -2.24. The third kappa shape index (κ3) is 5.09. The first kappa shape index (κ1) is 16.3. The normalized spacial score (nSPS) is 12.2. The molecule has 0 aliphatic rings. The van der Waals surface area contributed by atoms with Crippen LogP contribution in [0.4, 0.5) is 11.4 Å². The number of hydrogen-bond acceptors (Lipinski definition) is 5. The van der Waals surface area contributed by atoms with Gasteiger partial charge < -0.3 is 20.7 Å². The van der Waals surface area contributed by atoms with Gasteiger partial charge in [-0.2, -0.15) is 0 Å². The Morgan fingerprint density at radius 2 is 2.15 bits per heavy atom. The molecule has 3 N–H and O–H groups in total. The molecule has 20 heavy (non-hydrogen) atoms. The molecule has 112 valence electrons. The van der Waals surface area contributed by atoms with E-state index in [0.29, 0.717) is 17.9 Å². The number of nitrogen functional groups attached to an aromatic ring is 1. The molecule has 5 heteroatoms. The average Bonchev–Trinajstić information content (AvgIpc) is 2.38. The second-order valence-corrected chi connectivity index (χ2v) is 5.16. The van der Waals surface area contributed by atoms with Crippen molar-refractivity contribution in [2.75, 3.05) is 38.3 Å². The summed E-state index contributed by atoms with van der Waals surface area (Å²) in [5, 5.41) is 3.35. The fraction of sp³-hybridized carbons (Fsp3) is 0.533. The second kappa shape index (κ2) is 7.75. The molecule has 0 bridgehead atoms. The first-order valence-electron chi connectivity index (χ1n) is 6.92. The maximum atomic E-state index is 11.9. The van der Waals surface area contributed by atoms with E-state index in [9.17, 15) is 4.79 Å². The fourth-order valence-electron chi connectivity index (χ4n) is 1.85. The molecular formula is C15H25N3O2. The number of nitrogens with zero attached hydrogens (tertiary/aromatic N) is 1. The third-order valence-electron chi connectivity index (χ3n) is 2.95. The Hall–Kier alpha value is -1.75. The summed E-state index contributed by atoms with van der Waals surface area (Å²) in [7, 11) is 4.08. The molecule has 0 saturated carbocycles. The van der Waals surface area contributed by atoms with Crippen LogP contribution in [0.5, 0.6) is 0 Å². The summed E-state index contributed by atoms with van der Waals surface area (Å²) in [6.45, 7) is 5.22. The van der Waals surface area contributed by atoms with Crippen molar-refractivity contribution in [3.05, 3.63) is 23.8 Å². The van der Waals surface area contributed by atoms with E-state index in [4.69, 9.17) is 10.5 Å². The number of benzene rings is 1. The van der Waals surface area contributed by atoms with Crippen LogP contribution in [0.1, 0.15) is 30.6 Å². The van der Waals surface area contributed by atoms with Crippen molar-refractivity contribution in [3.8, 4) is 0 Å². The molecule has 1 aromatic rings. The molecule has 0 radical (unpaired) electrons. The molecule has 0 heterocycles. The van der Waals surface area contributed by atoms with Gasteiger partial charge in [0, 0.05) is 17.4 Å². The molecule has 0 amide bonds. The van der Waals surface area contributed by atoms with Gasteiger partial charge in [-0.1, -0.05) is 0 Å². The molecular weight excluding hydrogens is 254 g/mol. The van der Waals surface area contributed by atoms with Crippen LogP contribution in [0.15, 0.2) is 18.2 Å². The number of nitrogens with two attached hydrogens (primary N) is 1. The van der Waals surface area contributed by atoms with Crippen LogP contribution >= 0.6 is 0 Å². The number of esters is 1. The Balaban J connectivity index is 2.80. The van der Waals surface area contributed by atoms with E-state index in [1.165, 1.54) is 0 Å². The predicted octanol–water partition coefficient (Wildman–Crippen LogP) is 2.20. The van der Waals surface area contributed by atoms with Crippen LogP contribution in [-0.2, 0) is 4.74 Å². The van der Waals surface area contributed by atoms with E-state index in [-0.39, 0.29) is 12.0 Å². The number of hydrogen-bond donors (Lipinski definition) is 2. The smallest absolute Gasteiger partial charge is 0.340 e. The molecule has 1 aromatic carbocycles. The Bertz CT molecular complexity index is 447. The van der Waals surface area contributed by atoms with E-state index in [1.54, 1.807) is 19.1 Å². The molecule has 0 aliphatic heterocycles. The molecule has 0 aromatic heterocycles. The number of carbonyl (C=O) groups excluding carboxylic acids is 1. The van der Waals surface area contributed by atoms with Crippen molar-refractivity contribution in [1.82, 2.24) is 4.90 Å². The summed E-state index contributed by atoms with van der Waals surface area (Å²) in [5.74, 6) is -0.345. The predicted molar refractivity (Wildman–Crippen MR) is 83.1 cm³/mol. The largest absolute Gasteiger partial charge is 0.462 e. The van der Waals surface area contributed by atoms with Gasteiger partial charge in [-0.05, 0) is 59.1 Å². The number of ether oxygens (including phenoxy) is 1. The minimum atomic E-state index is -0.345. The monoisotopic (exact) mass is 279 g/mol. The second-order valence-electron chi connectivity index (χ2n) is 5.16. The van der Waals surface area contributed by atoms with Gasteiger partial charge in [0.15, 0.2) is 0 Å². The fourth-order valence-corrected chi connectivity index (χ4v) is 1.85. The Morgan fingerprint density at radius 1 is 1.45 bits per heavy atom. The van der Waals surface area contributed by atoms with E-state index in [1.807, 2.05) is 20.2 Å². The maximum absolute atomic E-state index is 11.9. The van der Waals surface area contributed by atoms with Crippen molar-refractivity contribution in [2.45, 2.75) is 26.3 Å². The van der Waals surface area contributed by atoms with Crippen LogP contribution in [-0.4, -0.2) is 44.2 Å². The Kier molecular flexibility index (Phi) is 6.31. The van der Waals surface area contributed by atoms with Crippen LogP contribution < -0.4 is 11.1 Å². The Labute approximate surface area is 121 Å². The lowest BCUT2D eigenvalue weighted by Gasteiger charge is -2.19. The van der Waals surface area contributed by atoms with Gasteiger partial charge in [-0.25, -0.2) is 4.79 Å². The van der Waals surface area contributed by atoms with E-state index >= 15 is 0 Å². The van der Waals surface area contributed by atoms with Gasteiger partial charge in [0.05, 0.1) is 12.2 Å².